The van der Waals surface area contributed by atoms with E-state index in [1.165, 1.54) is 11.6 Å². The second-order valence-electron chi connectivity index (χ2n) is 11.7. The Hall–Kier alpha value is -2.94. The Morgan fingerprint density at radius 1 is 1.05 bits per heavy atom. The Morgan fingerprint density at radius 2 is 1.77 bits per heavy atom. The van der Waals surface area contributed by atoms with Crippen molar-refractivity contribution in [2.24, 2.45) is 0 Å². The number of nitrogens with zero attached hydrogens (tertiary/aromatic N) is 2. The van der Waals surface area contributed by atoms with Crippen molar-refractivity contribution < 1.29 is 18.7 Å². The van der Waals surface area contributed by atoms with Gasteiger partial charge in [-0.25, -0.2) is 14.2 Å². The van der Waals surface area contributed by atoms with Gasteiger partial charge in [0.05, 0.1) is 16.6 Å². The summed E-state index contributed by atoms with van der Waals surface area (Å²) in [5.74, 6) is -0.264. The van der Waals surface area contributed by atoms with Gasteiger partial charge in [-0.2, -0.15) is 0 Å². The van der Waals surface area contributed by atoms with Gasteiger partial charge in [-0.1, -0.05) is 25.0 Å². The van der Waals surface area contributed by atoms with E-state index in [1.54, 1.807) is 12.1 Å². The third kappa shape index (κ3) is 6.29. The lowest BCUT2D eigenvalue weighted by molar-refractivity contribution is 0.0491. The van der Waals surface area contributed by atoms with Gasteiger partial charge >= 0.3 is 6.09 Å². The van der Waals surface area contributed by atoms with Gasteiger partial charge in [0.1, 0.15) is 11.4 Å². The molecule has 2 amide bonds. The number of benzene rings is 2. The van der Waals surface area contributed by atoms with E-state index in [9.17, 15) is 14.0 Å². The lowest BCUT2D eigenvalue weighted by Crippen LogP contribution is -2.40. The lowest BCUT2D eigenvalue weighted by atomic mass is 9.81. The van der Waals surface area contributed by atoms with Crippen LogP contribution in [-0.4, -0.2) is 33.2 Å². The quantitative estimate of drug-likeness (QED) is 0.313. The van der Waals surface area contributed by atoms with Crippen molar-refractivity contribution >= 4 is 44.9 Å². The summed E-state index contributed by atoms with van der Waals surface area (Å²) in [6.07, 6.45) is 7.65. The van der Waals surface area contributed by atoms with E-state index in [-0.39, 0.29) is 23.7 Å². The number of carbonyl (C=O) groups excluding carboxylic acids is 2. The molecule has 2 aliphatic rings. The van der Waals surface area contributed by atoms with Crippen molar-refractivity contribution in [3.63, 3.8) is 0 Å². The molecule has 1 aromatic heterocycles. The number of nitrogens with one attached hydrogen (secondary N) is 2. The van der Waals surface area contributed by atoms with Crippen molar-refractivity contribution in [1.29, 1.82) is 0 Å². The predicted molar refractivity (Wildman–Crippen MR) is 154 cm³/mol. The Morgan fingerprint density at radius 3 is 2.44 bits per heavy atom. The van der Waals surface area contributed by atoms with Gasteiger partial charge in [-0.05, 0) is 111 Å². The molecular formula is C30H36BrFN4O3. The van der Waals surface area contributed by atoms with E-state index >= 15 is 0 Å². The van der Waals surface area contributed by atoms with Crippen molar-refractivity contribution in [3.8, 4) is 0 Å². The summed E-state index contributed by atoms with van der Waals surface area (Å²) in [4.78, 5) is 30.1. The zero-order valence-corrected chi connectivity index (χ0v) is 24.3. The maximum Gasteiger partial charge on any atom is 0.407 e. The molecule has 0 radical (unpaired) electrons. The van der Waals surface area contributed by atoms with Crippen LogP contribution in [0.2, 0.25) is 0 Å². The molecule has 208 valence electrons. The van der Waals surface area contributed by atoms with E-state index in [0.717, 1.165) is 62.4 Å². The minimum atomic E-state index is -0.579. The molecule has 2 N–H and O–H groups in total. The Labute approximate surface area is 237 Å². The molecule has 0 aliphatic heterocycles. The second-order valence-corrected chi connectivity index (χ2v) is 12.6. The number of imidazole rings is 1. The summed E-state index contributed by atoms with van der Waals surface area (Å²) in [5.41, 5.74) is 2.51. The molecule has 7 nitrogen and oxygen atoms in total. The normalized spacial score (nSPS) is 20.2. The molecule has 0 saturated heterocycles. The van der Waals surface area contributed by atoms with E-state index < -0.39 is 17.3 Å². The standard InChI is InChI=1S/C30H36BrFN4O3/c1-30(2,3)39-29(38)33-20-14-11-18(12-15-20)19-13-16-24-25(17-19)36(21-7-4-5-8-21)28(34-24)35-27(37)26-22(31)9-6-10-23(26)32/h6,9-10,13,16-18,20-21H,4-5,7-8,11-12,14-15H2,1-3H3,(H,33,38)(H,34,35,37). The monoisotopic (exact) mass is 598 g/mol. The van der Waals surface area contributed by atoms with E-state index in [4.69, 9.17) is 9.72 Å². The van der Waals surface area contributed by atoms with Crippen LogP contribution in [0.4, 0.5) is 15.1 Å². The molecule has 39 heavy (non-hydrogen) atoms. The zero-order chi connectivity index (χ0) is 27.7. The van der Waals surface area contributed by atoms with E-state index in [0.29, 0.717) is 16.3 Å². The van der Waals surface area contributed by atoms with Crippen LogP contribution in [0.15, 0.2) is 40.9 Å². The van der Waals surface area contributed by atoms with E-state index in [2.05, 4.69) is 43.3 Å². The number of aromatic nitrogens is 2. The average Bonchev–Trinajstić information content (AvgIpc) is 3.50. The summed E-state index contributed by atoms with van der Waals surface area (Å²) < 4.78 is 22.5. The van der Waals surface area contributed by atoms with Crippen LogP contribution in [0.1, 0.15) is 100 Å². The molecule has 2 fully saturated rings. The van der Waals surface area contributed by atoms with Crippen molar-refractivity contribution in [3.05, 3.63) is 57.8 Å². The molecular weight excluding hydrogens is 563 g/mol. The van der Waals surface area contributed by atoms with Crippen molar-refractivity contribution in [1.82, 2.24) is 14.9 Å². The number of hydrogen-bond donors (Lipinski definition) is 2. The third-order valence-electron chi connectivity index (χ3n) is 7.74. The first-order chi connectivity index (χ1) is 18.6. The minimum Gasteiger partial charge on any atom is -0.444 e. The summed E-state index contributed by atoms with van der Waals surface area (Å²) in [6, 6.07) is 11.2. The first-order valence-corrected chi connectivity index (χ1v) is 14.6. The third-order valence-corrected chi connectivity index (χ3v) is 8.40. The molecule has 5 rings (SSSR count). The highest BCUT2D eigenvalue weighted by Gasteiger charge is 2.28. The molecule has 1 heterocycles. The SMILES string of the molecule is CC(C)(C)OC(=O)NC1CCC(c2ccc3nc(NC(=O)c4c(F)cccc4Br)n(C4CCCC4)c3c2)CC1. The average molecular weight is 600 g/mol. The smallest absolute Gasteiger partial charge is 0.407 e. The van der Waals surface area contributed by atoms with Gasteiger partial charge in [-0.3, -0.25) is 10.1 Å². The number of hydrogen-bond acceptors (Lipinski definition) is 4. The number of carbonyl (C=O) groups is 2. The largest absolute Gasteiger partial charge is 0.444 e. The fourth-order valence-electron chi connectivity index (χ4n) is 5.91. The summed E-state index contributed by atoms with van der Waals surface area (Å²) in [7, 11) is 0. The molecule has 0 atom stereocenters. The fraction of sp³-hybridized carbons (Fsp3) is 0.500. The van der Waals surface area contributed by atoms with Crippen molar-refractivity contribution in [2.45, 2.75) is 95.7 Å². The maximum atomic E-state index is 14.5. The van der Waals surface area contributed by atoms with Gasteiger partial charge in [0.15, 0.2) is 0 Å². The fourth-order valence-corrected chi connectivity index (χ4v) is 6.43. The number of alkyl carbamates (subject to hydrolysis) is 1. The molecule has 9 heteroatoms. The maximum absolute atomic E-state index is 14.5. The molecule has 3 aromatic rings. The number of amides is 2. The summed E-state index contributed by atoms with van der Waals surface area (Å²) >= 11 is 3.31. The van der Waals surface area contributed by atoms with Crippen LogP contribution in [-0.2, 0) is 4.74 Å². The van der Waals surface area contributed by atoms with Crippen molar-refractivity contribution in [2.75, 3.05) is 5.32 Å². The molecule has 0 spiro atoms. The number of halogens is 2. The number of anilines is 1. The highest BCUT2D eigenvalue weighted by atomic mass is 79.9. The molecule has 0 unspecified atom stereocenters. The molecule has 2 aliphatic carbocycles. The first-order valence-electron chi connectivity index (χ1n) is 13.9. The number of fused-ring (bicyclic) bond motifs is 1. The predicted octanol–water partition coefficient (Wildman–Crippen LogP) is 7.86. The lowest BCUT2D eigenvalue weighted by Gasteiger charge is -2.30. The van der Waals surface area contributed by atoms with Gasteiger partial charge in [0, 0.05) is 16.6 Å². The molecule has 0 bridgehead atoms. The van der Waals surface area contributed by atoms with Gasteiger partial charge < -0.3 is 14.6 Å². The van der Waals surface area contributed by atoms with Gasteiger partial charge in [-0.15, -0.1) is 0 Å². The zero-order valence-electron chi connectivity index (χ0n) is 22.7. The first kappa shape index (κ1) is 27.6. The highest BCUT2D eigenvalue weighted by molar-refractivity contribution is 9.10. The number of ether oxygens (including phenoxy) is 1. The van der Waals surface area contributed by atoms with Crippen LogP contribution < -0.4 is 10.6 Å². The van der Waals surface area contributed by atoms with Crippen LogP contribution >= 0.6 is 15.9 Å². The highest BCUT2D eigenvalue weighted by Crippen LogP contribution is 2.39. The topological polar surface area (TPSA) is 85.2 Å². The Bertz CT molecular complexity index is 1350. The Kier molecular flexibility index (Phi) is 7.99. The van der Waals surface area contributed by atoms with Gasteiger partial charge in [0.2, 0.25) is 5.95 Å². The van der Waals surface area contributed by atoms with E-state index in [1.807, 2.05) is 26.8 Å². The molecule has 2 aromatic carbocycles. The van der Waals surface area contributed by atoms with Crippen LogP contribution in [0.25, 0.3) is 11.0 Å². The van der Waals surface area contributed by atoms with Gasteiger partial charge in [0.25, 0.3) is 5.91 Å². The van der Waals surface area contributed by atoms with Crippen LogP contribution in [0, 0.1) is 5.82 Å². The number of rotatable bonds is 5. The van der Waals surface area contributed by atoms with Crippen LogP contribution in [0.5, 0.6) is 0 Å². The minimum absolute atomic E-state index is 0.0278. The molecule has 2 saturated carbocycles. The second kappa shape index (κ2) is 11.3. The summed E-state index contributed by atoms with van der Waals surface area (Å²) in [5, 5.41) is 5.93. The Balaban J connectivity index is 1.36. The van der Waals surface area contributed by atoms with Crippen LogP contribution in [0.3, 0.4) is 0 Å². The summed E-state index contributed by atoms with van der Waals surface area (Å²) in [6.45, 7) is 5.60.